The van der Waals surface area contributed by atoms with Gasteiger partial charge in [-0.3, -0.25) is 9.36 Å². The molecule has 0 aliphatic carbocycles. The molecule has 25 heavy (non-hydrogen) atoms. The minimum Gasteiger partial charge on any atom is -0.294 e. The molecule has 0 aliphatic rings. The van der Waals surface area contributed by atoms with Crippen LogP contribution in [0.15, 0.2) is 65.0 Å². The summed E-state index contributed by atoms with van der Waals surface area (Å²) in [5.74, 6) is -0.290. The summed E-state index contributed by atoms with van der Waals surface area (Å²) in [6, 6.07) is 13.6. The lowest BCUT2D eigenvalue weighted by molar-refractivity contribution is 0.628. The van der Waals surface area contributed by atoms with Crippen LogP contribution in [-0.2, 0) is 6.54 Å². The Morgan fingerprint density at radius 1 is 1.08 bits per heavy atom. The lowest BCUT2D eigenvalue weighted by Crippen LogP contribution is -2.20. The summed E-state index contributed by atoms with van der Waals surface area (Å²) in [6.45, 7) is 0.433. The van der Waals surface area contributed by atoms with Gasteiger partial charge < -0.3 is 0 Å². The van der Waals surface area contributed by atoms with Crippen LogP contribution in [-0.4, -0.2) is 9.55 Å². The van der Waals surface area contributed by atoms with Crippen LogP contribution in [0.1, 0.15) is 5.56 Å². The highest BCUT2D eigenvalue weighted by Gasteiger charge is 2.12. The van der Waals surface area contributed by atoms with Crippen LogP contribution in [0.5, 0.6) is 0 Å². The maximum absolute atomic E-state index is 13.1. The van der Waals surface area contributed by atoms with Gasteiger partial charge in [0.1, 0.15) is 10.5 Å². The van der Waals surface area contributed by atoms with Crippen molar-refractivity contribution in [1.29, 1.82) is 0 Å². The highest BCUT2D eigenvalue weighted by molar-refractivity contribution is 7.17. The Balaban J connectivity index is 1.75. The maximum atomic E-state index is 13.1. The second-order valence-electron chi connectivity index (χ2n) is 5.64. The molecular weight excluding hydrogens is 359 g/mol. The molecule has 0 saturated carbocycles. The minimum absolute atomic E-state index is 0.0849. The maximum Gasteiger partial charge on any atom is 0.271 e. The van der Waals surface area contributed by atoms with Gasteiger partial charge in [-0.1, -0.05) is 35.9 Å². The first-order valence-corrected chi connectivity index (χ1v) is 8.84. The average Bonchev–Trinajstić information content (AvgIpc) is 3.05. The van der Waals surface area contributed by atoms with Gasteiger partial charge >= 0.3 is 0 Å². The van der Waals surface area contributed by atoms with Crippen molar-refractivity contribution in [3.8, 4) is 11.1 Å². The Labute approximate surface area is 152 Å². The standard InChI is InChI=1S/C19H12ClFN2OS/c20-14-5-1-12(2-6-14)9-23-11-22-17-16(10-25-18(17)19(23)24)13-3-7-15(21)8-4-13/h1-8,10-11H,9H2. The number of nitrogens with zero attached hydrogens (tertiary/aromatic N) is 2. The monoisotopic (exact) mass is 370 g/mol. The third-order valence-corrected chi connectivity index (χ3v) is 5.18. The number of thiophene rings is 1. The molecule has 0 radical (unpaired) electrons. The van der Waals surface area contributed by atoms with Gasteiger partial charge in [0.05, 0.1) is 18.4 Å². The van der Waals surface area contributed by atoms with E-state index in [0.29, 0.717) is 21.8 Å². The van der Waals surface area contributed by atoms with E-state index in [2.05, 4.69) is 4.98 Å². The molecule has 2 aromatic heterocycles. The zero-order chi connectivity index (χ0) is 17.4. The number of halogens is 2. The summed E-state index contributed by atoms with van der Waals surface area (Å²) >= 11 is 7.25. The van der Waals surface area contributed by atoms with E-state index in [-0.39, 0.29) is 11.4 Å². The van der Waals surface area contributed by atoms with Gasteiger partial charge in [-0.15, -0.1) is 11.3 Å². The summed E-state index contributed by atoms with van der Waals surface area (Å²) in [4.78, 5) is 17.2. The molecule has 0 bridgehead atoms. The fourth-order valence-corrected chi connectivity index (χ4v) is 3.78. The second kappa shape index (κ2) is 6.43. The van der Waals surface area contributed by atoms with Gasteiger partial charge in [-0.25, -0.2) is 9.37 Å². The van der Waals surface area contributed by atoms with E-state index in [1.807, 2.05) is 17.5 Å². The van der Waals surface area contributed by atoms with Crippen molar-refractivity contribution in [2.75, 3.05) is 0 Å². The first-order chi connectivity index (χ1) is 12.1. The van der Waals surface area contributed by atoms with Crippen molar-refractivity contribution in [3.05, 3.63) is 87.0 Å². The van der Waals surface area contributed by atoms with E-state index in [4.69, 9.17) is 11.6 Å². The topological polar surface area (TPSA) is 34.9 Å². The quantitative estimate of drug-likeness (QED) is 0.510. The Morgan fingerprint density at radius 2 is 1.80 bits per heavy atom. The van der Waals surface area contributed by atoms with Crippen LogP contribution in [0.2, 0.25) is 5.02 Å². The van der Waals surface area contributed by atoms with Crippen molar-refractivity contribution in [2.24, 2.45) is 0 Å². The molecule has 4 aromatic rings. The molecule has 6 heteroatoms. The van der Waals surface area contributed by atoms with Crippen molar-refractivity contribution in [3.63, 3.8) is 0 Å². The number of hydrogen-bond acceptors (Lipinski definition) is 3. The molecule has 2 aromatic carbocycles. The van der Waals surface area contributed by atoms with Gasteiger partial charge in [-0.2, -0.15) is 0 Å². The molecule has 0 N–H and O–H groups in total. The number of aromatic nitrogens is 2. The largest absolute Gasteiger partial charge is 0.294 e. The minimum atomic E-state index is -0.290. The van der Waals surface area contributed by atoms with Crippen LogP contribution >= 0.6 is 22.9 Å². The number of benzene rings is 2. The molecule has 0 amide bonds. The molecule has 4 rings (SSSR count). The smallest absolute Gasteiger partial charge is 0.271 e. The van der Waals surface area contributed by atoms with Crippen LogP contribution in [0.4, 0.5) is 4.39 Å². The molecule has 0 spiro atoms. The predicted molar refractivity (Wildman–Crippen MR) is 99.8 cm³/mol. The van der Waals surface area contributed by atoms with E-state index in [1.54, 1.807) is 35.2 Å². The molecular formula is C19H12ClFN2OS. The van der Waals surface area contributed by atoms with Crippen LogP contribution < -0.4 is 5.56 Å². The zero-order valence-corrected chi connectivity index (χ0v) is 14.5. The van der Waals surface area contributed by atoms with Crippen LogP contribution in [0.3, 0.4) is 0 Å². The van der Waals surface area contributed by atoms with Crippen LogP contribution in [0, 0.1) is 5.82 Å². The van der Waals surface area contributed by atoms with E-state index in [0.717, 1.165) is 16.7 Å². The molecule has 0 unspecified atom stereocenters. The third-order valence-electron chi connectivity index (χ3n) is 3.97. The van der Waals surface area contributed by atoms with E-state index in [9.17, 15) is 9.18 Å². The van der Waals surface area contributed by atoms with Crippen molar-refractivity contribution in [1.82, 2.24) is 9.55 Å². The van der Waals surface area contributed by atoms with Crippen molar-refractivity contribution >= 4 is 33.2 Å². The molecule has 0 saturated heterocycles. The van der Waals surface area contributed by atoms with Gasteiger partial charge in [0.2, 0.25) is 0 Å². The normalized spacial score (nSPS) is 11.1. The van der Waals surface area contributed by atoms with E-state index in [1.165, 1.54) is 23.5 Å². The number of rotatable bonds is 3. The van der Waals surface area contributed by atoms with Gasteiger partial charge in [0.25, 0.3) is 5.56 Å². The van der Waals surface area contributed by atoms with Gasteiger partial charge in [0, 0.05) is 16.0 Å². The van der Waals surface area contributed by atoms with E-state index >= 15 is 0 Å². The Kier molecular flexibility index (Phi) is 4.11. The fourth-order valence-electron chi connectivity index (χ4n) is 2.68. The fraction of sp³-hybridized carbons (Fsp3) is 0.0526. The second-order valence-corrected chi connectivity index (χ2v) is 6.95. The lowest BCUT2D eigenvalue weighted by Gasteiger charge is -2.06. The number of fused-ring (bicyclic) bond motifs is 1. The molecule has 0 atom stereocenters. The first-order valence-electron chi connectivity index (χ1n) is 7.59. The average molecular weight is 371 g/mol. The Hall–Kier alpha value is -2.50. The van der Waals surface area contributed by atoms with Crippen molar-refractivity contribution < 1.29 is 4.39 Å². The Morgan fingerprint density at radius 3 is 2.52 bits per heavy atom. The summed E-state index contributed by atoms with van der Waals surface area (Å²) in [7, 11) is 0. The Bertz CT molecular complexity index is 1100. The SMILES string of the molecule is O=c1c2scc(-c3ccc(F)cc3)c2ncn1Cc1ccc(Cl)cc1. The summed E-state index contributed by atoms with van der Waals surface area (Å²) in [5, 5.41) is 2.55. The van der Waals surface area contributed by atoms with Gasteiger partial charge in [0.15, 0.2) is 0 Å². The molecule has 124 valence electrons. The molecule has 0 aliphatic heterocycles. The molecule has 0 fully saturated rings. The number of hydrogen-bond donors (Lipinski definition) is 0. The molecule has 2 heterocycles. The van der Waals surface area contributed by atoms with Crippen molar-refractivity contribution in [2.45, 2.75) is 6.54 Å². The zero-order valence-electron chi connectivity index (χ0n) is 12.9. The molecule has 3 nitrogen and oxygen atoms in total. The van der Waals surface area contributed by atoms with E-state index < -0.39 is 0 Å². The van der Waals surface area contributed by atoms with Crippen LogP contribution in [0.25, 0.3) is 21.3 Å². The first kappa shape index (κ1) is 16.0. The highest BCUT2D eigenvalue weighted by atomic mass is 35.5. The van der Waals surface area contributed by atoms with Gasteiger partial charge in [-0.05, 0) is 35.4 Å². The predicted octanol–water partition coefficient (Wildman–Crippen LogP) is 4.97. The third kappa shape index (κ3) is 3.08. The summed E-state index contributed by atoms with van der Waals surface area (Å²) in [5.41, 5.74) is 3.22. The summed E-state index contributed by atoms with van der Waals surface area (Å²) in [6.07, 6.45) is 1.55. The summed E-state index contributed by atoms with van der Waals surface area (Å²) < 4.78 is 15.3. The lowest BCUT2D eigenvalue weighted by atomic mass is 10.1. The highest BCUT2D eigenvalue weighted by Crippen LogP contribution is 2.30.